The number of carbonyl (C=O) groups is 2. The van der Waals surface area contributed by atoms with E-state index < -0.39 is 0 Å². The summed E-state index contributed by atoms with van der Waals surface area (Å²) in [6.45, 7) is 4.48. The SMILES string of the molecule is Cc1cccc(C)c1NC(=O)Cn1c(CCNC(=O)c2ccc(Cl)cc2)nc2ccccc21. The fraction of sp³-hybridized carbons (Fsp3) is 0.192. The van der Waals surface area contributed by atoms with E-state index in [1.165, 1.54) is 0 Å². The number of fused-ring (bicyclic) bond motifs is 1. The molecule has 0 radical (unpaired) electrons. The number of hydrogen-bond donors (Lipinski definition) is 2. The molecule has 1 aromatic heterocycles. The highest BCUT2D eigenvalue weighted by molar-refractivity contribution is 6.30. The molecule has 0 aliphatic heterocycles. The smallest absolute Gasteiger partial charge is 0.251 e. The van der Waals surface area contributed by atoms with Gasteiger partial charge in [-0.1, -0.05) is 41.9 Å². The van der Waals surface area contributed by atoms with Gasteiger partial charge >= 0.3 is 0 Å². The lowest BCUT2D eigenvalue weighted by Crippen LogP contribution is -2.27. The first-order chi connectivity index (χ1) is 15.9. The van der Waals surface area contributed by atoms with E-state index >= 15 is 0 Å². The van der Waals surface area contributed by atoms with Crippen molar-refractivity contribution in [3.8, 4) is 0 Å². The van der Waals surface area contributed by atoms with Gasteiger partial charge in [-0.2, -0.15) is 0 Å². The van der Waals surface area contributed by atoms with Crippen molar-refractivity contribution in [2.75, 3.05) is 11.9 Å². The van der Waals surface area contributed by atoms with Crippen LogP contribution in [0.1, 0.15) is 27.3 Å². The minimum Gasteiger partial charge on any atom is -0.352 e. The van der Waals surface area contributed by atoms with Gasteiger partial charge in [0.1, 0.15) is 12.4 Å². The van der Waals surface area contributed by atoms with Crippen molar-refractivity contribution in [2.24, 2.45) is 0 Å². The van der Waals surface area contributed by atoms with Crippen LogP contribution in [0.3, 0.4) is 0 Å². The molecule has 33 heavy (non-hydrogen) atoms. The first-order valence-electron chi connectivity index (χ1n) is 10.8. The van der Waals surface area contributed by atoms with Gasteiger partial charge in [-0.15, -0.1) is 0 Å². The normalized spacial score (nSPS) is 10.9. The monoisotopic (exact) mass is 460 g/mol. The Morgan fingerprint density at radius 1 is 0.939 bits per heavy atom. The number of anilines is 1. The van der Waals surface area contributed by atoms with Crippen LogP contribution < -0.4 is 10.6 Å². The molecule has 0 aliphatic rings. The first kappa shape index (κ1) is 22.6. The van der Waals surface area contributed by atoms with E-state index in [1.807, 2.05) is 60.9 Å². The lowest BCUT2D eigenvalue weighted by atomic mass is 10.1. The number of imidazole rings is 1. The molecule has 0 saturated carbocycles. The molecule has 1 heterocycles. The van der Waals surface area contributed by atoms with Crippen LogP contribution in [0.15, 0.2) is 66.7 Å². The first-order valence-corrected chi connectivity index (χ1v) is 11.1. The van der Waals surface area contributed by atoms with Crippen molar-refractivity contribution in [3.05, 3.63) is 94.3 Å². The summed E-state index contributed by atoms with van der Waals surface area (Å²) in [4.78, 5) is 30.0. The predicted octanol–water partition coefficient (Wildman–Crippen LogP) is 4.92. The molecule has 0 fully saturated rings. The molecule has 6 nitrogen and oxygen atoms in total. The average Bonchev–Trinajstić information content (AvgIpc) is 3.14. The fourth-order valence-corrected chi connectivity index (χ4v) is 3.94. The lowest BCUT2D eigenvalue weighted by Gasteiger charge is -2.13. The second-order valence-electron chi connectivity index (χ2n) is 7.93. The van der Waals surface area contributed by atoms with Crippen molar-refractivity contribution in [3.63, 3.8) is 0 Å². The number of carbonyl (C=O) groups excluding carboxylic acids is 2. The maximum atomic E-state index is 12.9. The van der Waals surface area contributed by atoms with Crippen LogP contribution in [0.2, 0.25) is 5.02 Å². The van der Waals surface area contributed by atoms with Crippen LogP contribution in [0.25, 0.3) is 11.0 Å². The van der Waals surface area contributed by atoms with E-state index in [-0.39, 0.29) is 18.4 Å². The van der Waals surface area contributed by atoms with Gasteiger partial charge in [0.05, 0.1) is 11.0 Å². The zero-order valence-electron chi connectivity index (χ0n) is 18.6. The number of amides is 2. The third-order valence-electron chi connectivity index (χ3n) is 5.52. The number of benzene rings is 3. The fourth-order valence-electron chi connectivity index (χ4n) is 3.82. The van der Waals surface area contributed by atoms with Gasteiger partial charge in [0, 0.05) is 29.2 Å². The summed E-state index contributed by atoms with van der Waals surface area (Å²) in [7, 11) is 0. The molecule has 3 aromatic carbocycles. The summed E-state index contributed by atoms with van der Waals surface area (Å²) in [5, 5.41) is 6.53. The molecule has 0 atom stereocenters. The Balaban J connectivity index is 1.49. The Bertz CT molecular complexity index is 1290. The largest absolute Gasteiger partial charge is 0.352 e. The van der Waals surface area contributed by atoms with E-state index in [2.05, 4.69) is 10.6 Å². The van der Waals surface area contributed by atoms with Crippen LogP contribution in [-0.2, 0) is 17.8 Å². The van der Waals surface area contributed by atoms with Crippen LogP contribution in [-0.4, -0.2) is 27.9 Å². The molecule has 4 aromatic rings. The Morgan fingerprint density at radius 2 is 1.64 bits per heavy atom. The standard InChI is InChI=1S/C26H25ClN4O2/c1-17-6-5-7-18(2)25(17)30-24(32)16-31-22-9-4-3-8-21(22)29-23(31)14-15-28-26(33)19-10-12-20(27)13-11-19/h3-13H,14-16H2,1-2H3,(H,28,33)(H,30,32). The molecular weight excluding hydrogens is 436 g/mol. The molecule has 0 spiro atoms. The maximum absolute atomic E-state index is 12.9. The highest BCUT2D eigenvalue weighted by atomic mass is 35.5. The van der Waals surface area contributed by atoms with Gasteiger partial charge in [0.15, 0.2) is 0 Å². The van der Waals surface area contributed by atoms with Crippen molar-refractivity contribution >= 4 is 40.1 Å². The van der Waals surface area contributed by atoms with Crippen molar-refractivity contribution in [1.82, 2.24) is 14.9 Å². The third-order valence-corrected chi connectivity index (χ3v) is 5.77. The number of para-hydroxylation sites is 3. The van der Waals surface area contributed by atoms with Crippen molar-refractivity contribution in [1.29, 1.82) is 0 Å². The van der Waals surface area contributed by atoms with Gasteiger partial charge in [-0.05, 0) is 61.4 Å². The Kier molecular flexibility index (Phi) is 6.75. The summed E-state index contributed by atoms with van der Waals surface area (Å²) in [5.74, 6) is 0.438. The highest BCUT2D eigenvalue weighted by Gasteiger charge is 2.15. The molecule has 168 valence electrons. The van der Waals surface area contributed by atoms with Gasteiger partial charge in [0.2, 0.25) is 5.91 Å². The molecule has 0 unspecified atom stereocenters. The number of nitrogens with zero attached hydrogens (tertiary/aromatic N) is 2. The topological polar surface area (TPSA) is 76.0 Å². The predicted molar refractivity (Wildman–Crippen MR) is 132 cm³/mol. The highest BCUT2D eigenvalue weighted by Crippen LogP contribution is 2.21. The summed E-state index contributed by atoms with van der Waals surface area (Å²) in [6.07, 6.45) is 0.491. The Labute approximate surface area is 197 Å². The number of halogens is 1. The quantitative estimate of drug-likeness (QED) is 0.411. The van der Waals surface area contributed by atoms with Crippen LogP contribution in [0.4, 0.5) is 5.69 Å². The molecular formula is C26H25ClN4O2. The summed E-state index contributed by atoms with van der Waals surface area (Å²) in [6, 6.07) is 20.4. The van der Waals surface area contributed by atoms with Crippen LogP contribution in [0, 0.1) is 13.8 Å². The minimum atomic E-state index is -0.179. The molecule has 4 rings (SSSR count). The number of aryl methyl sites for hydroxylation is 2. The van der Waals surface area contributed by atoms with E-state index in [1.54, 1.807) is 24.3 Å². The third kappa shape index (κ3) is 5.23. The molecule has 2 N–H and O–H groups in total. The van der Waals surface area contributed by atoms with Crippen molar-refractivity contribution in [2.45, 2.75) is 26.8 Å². The second kappa shape index (κ2) is 9.88. The number of aromatic nitrogens is 2. The number of rotatable bonds is 7. The van der Waals surface area contributed by atoms with E-state index in [4.69, 9.17) is 16.6 Å². The summed E-state index contributed by atoms with van der Waals surface area (Å²) >= 11 is 5.89. The maximum Gasteiger partial charge on any atom is 0.251 e. The zero-order chi connectivity index (χ0) is 23.4. The van der Waals surface area contributed by atoms with Gasteiger partial charge in [-0.25, -0.2) is 4.98 Å². The Hall–Kier alpha value is -3.64. The van der Waals surface area contributed by atoms with Crippen LogP contribution in [0.5, 0.6) is 0 Å². The van der Waals surface area contributed by atoms with Gasteiger partial charge < -0.3 is 15.2 Å². The lowest BCUT2D eigenvalue weighted by molar-refractivity contribution is -0.116. The molecule has 0 aliphatic carbocycles. The van der Waals surface area contributed by atoms with E-state index in [0.29, 0.717) is 23.6 Å². The van der Waals surface area contributed by atoms with E-state index in [9.17, 15) is 9.59 Å². The average molecular weight is 461 g/mol. The number of nitrogens with one attached hydrogen (secondary N) is 2. The molecule has 0 bridgehead atoms. The molecule has 0 saturated heterocycles. The number of hydrogen-bond acceptors (Lipinski definition) is 3. The van der Waals surface area contributed by atoms with Crippen LogP contribution >= 0.6 is 11.6 Å². The summed E-state index contributed by atoms with van der Waals surface area (Å²) in [5.41, 5.74) is 5.11. The zero-order valence-corrected chi connectivity index (χ0v) is 19.3. The van der Waals surface area contributed by atoms with Gasteiger partial charge in [0.25, 0.3) is 5.91 Å². The van der Waals surface area contributed by atoms with Crippen molar-refractivity contribution < 1.29 is 9.59 Å². The summed E-state index contributed by atoms with van der Waals surface area (Å²) < 4.78 is 1.91. The Morgan fingerprint density at radius 3 is 2.36 bits per heavy atom. The second-order valence-corrected chi connectivity index (χ2v) is 8.37. The van der Waals surface area contributed by atoms with Gasteiger partial charge in [-0.3, -0.25) is 9.59 Å². The van der Waals surface area contributed by atoms with E-state index in [0.717, 1.165) is 33.7 Å². The molecule has 2 amide bonds. The molecule has 7 heteroatoms. The minimum absolute atomic E-state index is 0.123.